The molecule has 26 heavy (non-hydrogen) atoms. The van der Waals surface area contributed by atoms with E-state index in [4.69, 9.17) is 5.11 Å². The minimum Gasteiger partial charge on any atom is -0.477 e. The summed E-state index contributed by atoms with van der Waals surface area (Å²) in [7, 11) is 0. The molecule has 2 aromatic rings. The van der Waals surface area contributed by atoms with Crippen molar-refractivity contribution in [1.82, 2.24) is 0 Å². The van der Waals surface area contributed by atoms with E-state index in [1.807, 2.05) is 65.6 Å². The first-order valence-corrected chi connectivity index (χ1v) is 8.67. The second-order valence-electron chi connectivity index (χ2n) is 6.89. The third-order valence-electron chi connectivity index (χ3n) is 5.43. The molecule has 3 unspecified atom stereocenters. The van der Waals surface area contributed by atoms with Gasteiger partial charge in [-0.3, -0.25) is 0 Å². The van der Waals surface area contributed by atoms with Crippen LogP contribution in [0, 0.1) is 5.92 Å². The average Bonchev–Trinajstić information content (AvgIpc) is 2.97. The van der Waals surface area contributed by atoms with E-state index < -0.39 is 23.9 Å². The van der Waals surface area contributed by atoms with Crippen molar-refractivity contribution in [3.05, 3.63) is 77.9 Å². The van der Waals surface area contributed by atoms with Gasteiger partial charge in [0.1, 0.15) is 0 Å². The van der Waals surface area contributed by atoms with E-state index in [2.05, 4.69) is 0 Å². The minimum absolute atomic E-state index is 0.0553. The number of benzene rings is 2. The molecular weight excluding hydrogens is 336 g/mol. The number of anilines is 1. The molecule has 0 saturated carbocycles. The lowest BCUT2D eigenvalue weighted by molar-refractivity contribution is -0.175. The number of halogens is 2. The van der Waals surface area contributed by atoms with Crippen LogP contribution in [0.2, 0.25) is 0 Å². The van der Waals surface area contributed by atoms with Crippen LogP contribution in [0.4, 0.5) is 14.5 Å². The van der Waals surface area contributed by atoms with Crippen molar-refractivity contribution in [3.8, 4) is 0 Å². The van der Waals surface area contributed by atoms with Gasteiger partial charge in [-0.1, -0.05) is 60.7 Å². The van der Waals surface area contributed by atoms with Gasteiger partial charge in [0.15, 0.2) is 0 Å². The van der Waals surface area contributed by atoms with E-state index in [1.54, 1.807) is 6.08 Å². The zero-order chi connectivity index (χ0) is 18.3. The molecule has 0 bridgehead atoms. The van der Waals surface area contributed by atoms with E-state index >= 15 is 0 Å². The fourth-order valence-corrected chi connectivity index (χ4v) is 4.26. The number of para-hydroxylation sites is 1. The van der Waals surface area contributed by atoms with Crippen molar-refractivity contribution in [3.63, 3.8) is 0 Å². The van der Waals surface area contributed by atoms with Crippen molar-refractivity contribution in [2.45, 2.75) is 30.8 Å². The lowest BCUT2D eigenvalue weighted by Gasteiger charge is -2.39. The number of aliphatic carboxylic acids is 1. The highest BCUT2D eigenvalue weighted by Crippen LogP contribution is 2.51. The SMILES string of the molecule is O=C(O)C(F)(F)C1CC=CC2c3ccccc3N(Cc3ccccc3)C21. The van der Waals surface area contributed by atoms with Gasteiger partial charge in [0, 0.05) is 24.2 Å². The summed E-state index contributed by atoms with van der Waals surface area (Å²) in [6, 6.07) is 16.7. The summed E-state index contributed by atoms with van der Waals surface area (Å²) in [4.78, 5) is 13.2. The van der Waals surface area contributed by atoms with Gasteiger partial charge in [-0.2, -0.15) is 8.78 Å². The van der Waals surface area contributed by atoms with Gasteiger partial charge < -0.3 is 10.0 Å². The van der Waals surface area contributed by atoms with E-state index in [9.17, 15) is 13.6 Å². The van der Waals surface area contributed by atoms with E-state index in [-0.39, 0.29) is 12.3 Å². The topological polar surface area (TPSA) is 40.5 Å². The normalized spacial score (nSPS) is 24.2. The summed E-state index contributed by atoms with van der Waals surface area (Å²) < 4.78 is 29.1. The first-order chi connectivity index (χ1) is 12.5. The van der Waals surface area contributed by atoms with Crippen LogP contribution >= 0.6 is 0 Å². The molecule has 5 heteroatoms. The van der Waals surface area contributed by atoms with Crippen molar-refractivity contribution in [1.29, 1.82) is 0 Å². The number of fused-ring (bicyclic) bond motifs is 3. The number of carboxylic acids is 1. The summed E-state index contributed by atoms with van der Waals surface area (Å²) in [5.41, 5.74) is 2.90. The Bertz CT molecular complexity index is 850. The van der Waals surface area contributed by atoms with Crippen LogP contribution in [0.1, 0.15) is 23.5 Å². The maximum atomic E-state index is 14.5. The molecular formula is C21H19F2NO2. The Morgan fingerprint density at radius 3 is 2.54 bits per heavy atom. The maximum Gasteiger partial charge on any atom is 0.374 e. The number of alkyl halides is 2. The van der Waals surface area contributed by atoms with Gasteiger partial charge in [-0.25, -0.2) is 4.79 Å². The molecule has 1 aliphatic heterocycles. The molecule has 3 atom stereocenters. The summed E-state index contributed by atoms with van der Waals surface area (Å²) in [5, 5.41) is 9.11. The summed E-state index contributed by atoms with van der Waals surface area (Å²) in [6.07, 6.45) is 3.70. The minimum atomic E-state index is -3.77. The number of hydrogen-bond donors (Lipinski definition) is 1. The Hall–Kier alpha value is -2.69. The number of carboxylic acid groups (broad SMARTS) is 1. The molecule has 2 aliphatic rings. The van der Waals surface area contributed by atoms with E-state index in [0.717, 1.165) is 16.8 Å². The largest absolute Gasteiger partial charge is 0.477 e. The van der Waals surface area contributed by atoms with Crippen LogP contribution in [0.3, 0.4) is 0 Å². The molecule has 1 aliphatic carbocycles. The molecule has 0 amide bonds. The number of nitrogens with zero attached hydrogens (tertiary/aromatic N) is 1. The molecule has 3 nitrogen and oxygen atoms in total. The monoisotopic (exact) mass is 355 g/mol. The fraction of sp³-hybridized carbons (Fsp3) is 0.286. The van der Waals surface area contributed by atoms with Crippen LogP contribution in [0.25, 0.3) is 0 Å². The number of carbonyl (C=O) groups is 1. The Kier molecular flexibility index (Phi) is 4.02. The van der Waals surface area contributed by atoms with Crippen LogP contribution < -0.4 is 4.90 Å². The predicted molar refractivity (Wildman–Crippen MR) is 95.4 cm³/mol. The molecule has 0 radical (unpaired) electrons. The first-order valence-electron chi connectivity index (χ1n) is 8.67. The summed E-state index contributed by atoms with van der Waals surface area (Å²) in [5.74, 6) is -7.32. The third-order valence-corrected chi connectivity index (χ3v) is 5.43. The summed E-state index contributed by atoms with van der Waals surface area (Å²) >= 11 is 0. The standard InChI is InChI=1S/C21H19F2NO2/c22-21(23,20(25)26)17-11-6-10-16-15-9-4-5-12-18(15)24(19(16)17)13-14-7-2-1-3-8-14/h1-10,12,16-17,19H,11,13H2,(H,25,26). The van der Waals surface area contributed by atoms with Crippen molar-refractivity contribution in [2.75, 3.05) is 4.90 Å². The summed E-state index contributed by atoms with van der Waals surface area (Å²) in [6.45, 7) is 0.471. The van der Waals surface area contributed by atoms with Gasteiger partial charge in [-0.15, -0.1) is 0 Å². The number of allylic oxidation sites excluding steroid dienone is 1. The Morgan fingerprint density at radius 1 is 1.12 bits per heavy atom. The van der Waals surface area contributed by atoms with Crippen molar-refractivity contribution >= 4 is 11.7 Å². The lowest BCUT2D eigenvalue weighted by atomic mass is 9.77. The first kappa shape index (κ1) is 16.8. The molecule has 0 spiro atoms. The molecule has 4 rings (SSSR count). The third kappa shape index (κ3) is 2.59. The average molecular weight is 355 g/mol. The highest BCUT2D eigenvalue weighted by Gasteiger charge is 2.56. The molecule has 0 saturated heterocycles. The number of hydrogen-bond acceptors (Lipinski definition) is 2. The quantitative estimate of drug-likeness (QED) is 0.824. The van der Waals surface area contributed by atoms with Gasteiger partial charge in [-0.05, 0) is 23.6 Å². The molecule has 1 N–H and O–H groups in total. The van der Waals surface area contributed by atoms with Crippen LogP contribution in [0.15, 0.2) is 66.7 Å². The van der Waals surface area contributed by atoms with Gasteiger partial charge >= 0.3 is 11.9 Å². The van der Waals surface area contributed by atoms with Crippen molar-refractivity contribution < 1.29 is 18.7 Å². The zero-order valence-corrected chi connectivity index (χ0v) is 14.1. The van der Waals surface area contributed by atoms with Gasteiger partial charge in [0.2, 0.25) is 0 Å². The van der Waals surface area contributed by atoms with Crippen LogP contribution in [0.5, 0.6) is 0 Å². The smallest absolute Gasteiger partial charge is 0.374 e. The highest BCUT2D eigenvalue weighted by molar-refractivity contribution is 5.77. The molecule has 0 fully saturated rings. The Labute approximate surface area is 150 Å². The molecule has 2 aromatic carbocycles. The van der Waals surface area contributed by atoms with Crippen molar-refractivity contribution in [2.24, 2.45) is 5.92 Å². The Balaban J connectivity index is 1.79. The molecule has 134 valence electrons. The lowest BCUT2D eigenvalue weighted by Crippen LogP contribution is -2.51. The van der Waals surface area contributed by atoms with Crippen LogP contribution in [-0.2, 0) is 11.3 Å². The molecule has 0 aromatic heterocycles. The van der Waals surface area contributed by atoms with Crippen LogP contribution in [-0.4, -0.2) is 23.0 Å². The second-order valence-corrected chi connectivity index (χ2v) is 6.89. The Morgan fingerprint density at radius 2 is 1.81 bits per heavy atom. The molecule has 1 heterocycles. The maximum absolute atomic E-state index is 14.5. The zero-order valence-electron chi connectivity index (χ0n) is 14.1. The second kappa shape index (κ2) is 6.24. The fourth-order valence-electron chi connectivity index (χ4n) is 4.26. The van der Waals surface area contributed by atoms with Gasteiger partial charge in [0.05, 0.1) is 5.92 Å². The van der Waals surface area contributed by atoms with Gasteiger partial charge in [0.25, 0.3) is 0 Å². The predicted octanol–water partition coefficient (Wildman–Crippen LogP) is 4.46. The number of rotatable bonds is 4. The highest BCUT2D eigenvalue weighted by atomic mass is 19.3. The van der Waals surface area contributed by atoms with E-state index in [1.165, 1.54) is 0 Å². The van der Waals surface area contributed by atoms with E-state index in [0.29, 0.717) is 6.54 Å².